The second kappa shape index (κ2) is 9.25. The number of H-pyrrole nitrogens is 1. The normalized spacial score (nSPS) is 11.4. The predicted molar refractivity (Wildman–Crippen MR) is 129 cm³/mol. The summed E-state index contributed by atoms with van der Waals surface area (Å²) in [6.07, 6.45) is 1.03. The molecule has 3 rings (SSSR count). The van der Waals surface area contributed by atoms with Crippen molar-refractivity contribution < 1.29 is 9.53 Å². The van der Waals surface area contributed by atoms with E-state index >= 15 is 0 Å². The highest BCUT2D eigenvalue weighted by Crippen LogP contribution is 2.33. The lowest BCUT2D eigenvalue weighted by Gasteiger charge is -2.24. The second-order valence-electron chi connectivity index (χ2n) is 8.48. The Balaban J connectivity index is 2.01. The molecule has 164 valence electrons. The first-order valence-electron chi connectivity index (χ1n) is 10.7. The van der Waals surface area contributed by atoms with E-state index in [0.29, 0.717) is 5.69 Å². The molecule has 3 aromatic rings. The SMILES string of the molecule is C=CCOC(=O)Nc1cc2nc(-c3ccc(C(C)(C)C)cc3)[nH]c2cc1N(CC)CC. The van der Waals surface area contributed by atoms with Crippen LogP contribution in [-0.2, 0) is 10.2 Å². The van der Waals surface area contributed by atoms with Crippen LogP contribution in [0.4, 0.5) is 16.2 Å². The Labute approximate surface area is 184 Å². The quantitative estimate of drug-likeness (QED) is 0.453. The molecule has 0 aliphatic carbocycles. The van der Waals surface area contributed by atoms with E-state index in [0.717, 1.165) is 41.2 Å². The zero-order valence-corrected chi connectivity index (χ0v) is 19.1. The molecule has 0 fully saturated rings. The minimum Gasteiger partial charge on any atom is -0.445 e. The number of hydrogen-bond acceptors (Lipinski definition) is 4. The van der Waals surface area contributed by atoms with E-state index in [9.17, 15) is 4.79 Å². The lowest BCUT2D eigenvalue weighted by molar-refractivity contribution is 0.174. The van der Waals surface area contributed by atoms with Crippen molar-refractivity contribution in [3.63, 3.8) is 0 Å². The molecule has 6 nitrogen and oxygen atoms in total. The number of rotatable bonds is 7. The number of hydrogen-bond donors (Lipinski definition) is 2. The van der Waals surface area contributed by atoms with Gasteiger partial charge in [-0.3, -0.25) is 5.32 Å². The van der Waals surface area contributed by atoms with Gasteiger partial charge in [0.25, 0.3) is 0 Å². The van der Waals surface area contributed by atoms with Crippen LogP contribution in [0.2, 0.25) is 0 Å². The summed E-state index contributed by atoms with van der Waals surface area (Å²) in [7, 11) is 0. The number of aromatic amines is 1. The topological polar surface area (TPSA) is 70.2 Å². The number of ether oxygens (including phenoxy) is 1. The van der Waals surface area contributed by atoms with Gasteiger partial charge in [-0.25, -0.2) is 9.78 Å². The number of nitrogens with zero attached hydrogens (tertiary/aromatic N) is 2. The van der Waals surface area contributed by atoms with Crippen LogP contribution in [0.15, 0.2) is 49.1 Å². The van der Waals surface area contributed by atoms with Crippen LogP contribution in [-0.4, -0.2) is 35.8 Å². The Kier molecular flexibility index (Phi) is 6.68. The van der Waals surface area contributed by atoms with Crippen molar-refractivity contribution in [2.75, 3.05) is 29.9 Å². The van der Waals surface area contributed by atoms with Gasteiger partial charge in [-0.15, -0.1) is 0 Å². The number of benzene rings is 2. The second-order valence-corrected chi connectivity index (χ2v) is 8.48. The van der Waals surface area contributed by atoms with Gasteiger partial charge in [0.1, 0.15) is 12.4 Å². The van der Waals surface area contributed by atoms with Gasteiger partial charge in [-0.2, -0.15) is 0 Å². The summed E-state index contributed by atoms with van der Waals surface area (Å²) in [5.41, 5.74) is 5.70. The van der Waals surface area contributed by atoms with Gasteiger partial charge in [0.15, 0.2) is 0 Å². The maximum absolute atomic E-state index is 12.2. The molecule has 2 N–H and O–H groups in total. The van der Waals surface area contributed by atoms with Crippen LogP contribution < -0.4 is 10.2 Å². The summed E-state index contributed by atoms with van der Waals surface area (Å²) in [4.78, 5) is 22.6. The molecule has 1 heterocycles. The lowest BCUT2D eigenvalue weighted by atomic mass is 9.87. The van der Waals surface area contributed by atoms with E-state index in [1.165, 1.54) is 5.56 Å². The molecule has 0 atom stereocenters. The van der Waals surface area contributed by atoms with Crippen LogP contribution in [0.25, 0.3) is 22.4 Å². The smallest absolute Gasteiger partial charge is 0.412 e. The molecule has 0 radical (unpaired) electrons. The molecule has 0 saturated carbocycles. The Morgan fingerprint density at radius 2 is 1.87 bits per heavy atom. The van der Waals surface area contributed by atoms with Gasteiger partial charge in [-0.05, 0) is 37.0 Å². The van der Waals surface area contributed by atoms with Crippen molar-refractivity contribution in [2.45, 2.75) is 40.0 Å². The summed E-state index contributed by atoms with van der Waals surface area (Å²) in [5.74, 6) is 0.798. The molecule has 0 bridgehead atoms. The molecule has 0 unspecified atom stereocenters. The molecule has 0 aliphatic heterocycles. The van der Waals surface area contributed by atoms with Gasteiger partial charge >= 0.3 is 6.09 Å². The van der Waals surface area contributed by atoms with Gasteiger partial charge in [0.05, 0.1) is 22.4 Å². The molecule has 1 aromatic heterocycles. The van der Waals surface area contributed by atoms with Crippen molar-refractivity contribution in [3.8, 4) is 11.4 Å². The first-order chi connectivity index (χ1) is 14.8. The summed E-state index contributed by atoms with van der Waals surface area (Å²) >= 11 is 0. The van der Waals surface area contributed by atoms with Gasteiger partial charge < -0.3 is 14.6 Å². The highest BCUT2D eigenvalue weighted by molar-refractivity contribution is 5.96. The van der Waals surface area contributed by atoms with Crippen molar-refractivity contribution in [2.24, 2.45) is 0 Å². The van der Waals surface area contributed by atoms with Crippen molar-refractivity contribution in [1.29, 1.82) is 0 Å². The molecular formula is C25H32N4O2. The van der Waals surface area contributed by atoms with Gasteiger partial charge in [0.2, 0.25) is 0 Å². The molecule has 0 spiro atoms. The Hall–Kier alpha value is -3.28. The Morgan fingerprint density at radius 3 is 2.45 bits per heavy atom. The fourth-order valence-electron chi connectivity index (χ4n) is 3.52. The highest BCUT2D eigenvalue weighted by atomic mass is 16.5. The number of carbonyl (C=O) groups is 1. The average Bonchev–Trinajstić information content (AvgIpc) is 3.15. The number of imidazole rings is 1. The number of nitrogens with one attached hydrogen (secondary N) is 2. The molecular weight excluding hydrogens is 388 g/mol. The highest BCUT2D eigenvalue weighted by Gasteiger charge is 2.17. The number of anilines is 2. The predicted octanol–water partition coefficient (Wildman–Crippen LogP) is 6.11. The van der Waals surface area contributed by atoms with Crippen LogP contribution in [0.5, 0.6) is 0 Å². The van der Waals surface area contributed by atoms with Crippen molar-refractivity contribution in [1.82, 2.24) is 9.97 Å². The van der Waals surface area contributed by atoms with Gasteiger partial charge in [0, 0.05) is 18.7 Å². The molecule has 31 heavy (non-hydrogen) atoms. The molecule has 2 aromatic carbocycles. The molecule has 6 heteroatoms. The van der Waals surface area contributed by atoms with E-state index in [1.807, 2.05) is 12.1 Å². The number of fused-ring (bicyclic) bond motifs is 1. The minimum atomic E-state index is -0.513. The third-order valence-electron chi connectivity index (χ3n) is 5.30. The maximum atomic E-state index is 12.2. The monoisotopic (exact) mass is 420 g/mol. The average molecular weight is 421 g/mol. The van der Waals surface area contributed by atoms with Crippen LogP contribution in [0.3, 0.4) is 0 Å². The van der Waals surface area contributed by atoms with Crippen LogP contribution in [0, 0.1) is 0 Å². The van der Waals surface area contributed by atoms with E-state index < -0.39 is 6.09 Å². The first kappa shape index (κ1) is 22.4. The molecule has 0 saturated heterocycles. The standard InChI is InChI=1S/C25H32N4O2/c1-7-14-31-24(30)28-21-15-19-20(16-22(21)29(8-2)9-3)27-23(26-19)17-10-12-18(13-11-17)25(4,5)6/h7,10-13,15-16H,1,8-9,14H2,2-6H3,(H,26,27)(H,28,30). The van der Waals surface area contributed by atoms with Crippen molar-refractivity contribution in [3.05, 3.63) is 54.6 Å². The maximum Gasteiger partial charge on any atom is 0.412 e. The number of carbonyl (C=O) groups excluding carboxylic acids is 1. The fourth-order valence-corrected chi connectivity index (χ4v) is 3.52. The third-order valence-corrected chi connectivity index (χ3v) is 5.30. The van der Waals surface area contributed by atoms with E-state index in [1.54, 1.807) is 6.08 Å². The van der Waals surface area contributed by atoms with Crippen LogP contribution >= 0.6 is 0 Å². The Morgan fingerprint density at radius 1 is 1.19 bits per heavy atom. The van der Waals surface area contributed by atoms with Crippen molar-refractivity contribution >= 4 is 28.5 Å². The lowest BCUT2D eigenvalue weighted by Crippen LogP contribution is -2.24. The van der Waals surface area contributed by atoms with E-state index in [4.69, 9.17) is 9.72 Å². The molecule has 0 aliphatic rings. The number of aromatic nitrogens is 2. The zero-order chi connectivity index (χ0) is 22.6. The summed E-state index contributed by atoms with van der Waals surface area (Å²) in [6.45, 7) is 16.1. The van der Waals surface area contributed by atoms with Gasteiger partial charge in [-0.1, -0.05) is 57.7 Å². The largest absolute Gasteiger partial charge is 0.445 e. The molecule has 1 amide bonds. The van der Waals surface area contributed by atoms with E-state index in [2.05, 4.69) is 80.7 Å². The zero-order valence-electron chi connectivity index (χ0n) is 19.1. The van der Waals surface area contributed by atoms with E-state index in [-0.39, 0.29) is 12.0 Å². The fraction of sp³-hybridized carbons (Fsp3) is 0.360. The summed E-state index contributed by atoms with van der Waals surface area (Å²) in [6, 6.07) is 12.4. The summed E-state index contributed by atoms with van der Waals surface area (Å²) in [5, 5.41) is 2.86. The third kappa shape index (κ3) is 5.08. The first-order valence-corrected chi connectivity index (χ1v) is 10.7. The summed E-state index contributed by atoms with van der Waals surface area (Å²) < 4.78 is 5.11. The minimum absolute atomic E-state index is 0.103. The number of amides is 1. The Bertz CT molecular complexity index is 1060. The van der Waals surface area contributed by atoms with Crippen LogP contribution in [0.1, 0.15) is 40.2 Å².